The Morgan fingerprint density at radius 1 is 1.00 bits per heavy atom. The fourth-order valence-corrected chi connectivity index (χ4v) is 2.68. The SMILES string of the molecule is CC(C)c1ccccc1NC(=O)CC(=O)Nc1ccc(Cl)cc1C(F)(F)F. The van der Waals surface area contributed by atoms with Crippen molar-refractivity contribution in [2.24, 2.45) is 0 Å². The summed E-state index contributed by atoms with van der Waals surface area (Å²) in [5.74, 6) is -1.33. The Kier molecular flexibility index (Phi) is 6.49. The molecule has 27 heavy (non-hydrogen) atoms. The van der Waals surface area contributed by atoms with E-state index in [9.17, 15) is 22.8 Å². The molecule has 0 aliphatic carbocycles. The highest BCUT2D eigenvalue weighted by atomic mass is 35.5. The smallest absolute Gasteiger partial charge is 0.325 e. The van der Waals surface area contributed by atoms with E-state index in [0.29, 0.717) is 5.69 Å². The molecule has 0 fully saturated rings. The largest absolute Gasteiger partial charge is 0.418 e. The van der Waals surface area contributed by atoms with Gasteiger partial charge < -0.3 is 10.6 Å². The standard InChI is InChI=1S/C19H18ClF3N2O2/c1-11(2)13-5-3-4-6-15(13)24-17(26)10-18(27)25-16-8-7-12(20)9-14(16)19(21,22)23/h3-9,11H,10H2,1-2H3,(H,24,26)(H,25,27). The lowest BCUT2D eigenvalue weighted by atomic mass is 10.0. The number of hydrogen-bond acceptors (Lipinski definition) is 2. The lowest BCUT2D eigenvalue weighted by Crippen LogP contribution is -2.23. The third-order valence-corrected chi connectivity index (χ3v) is 3.97. The Morgan fingerprint density at radius 2 is 1.59 bits per heavy atom. The molecule has 0 saturated carbocycles. The van der Waals surface area contributed by atoms with E-state index in [2.05, 4.69) is 10.6 Å². The van der Waals surface area contributed by atoms with Crippen molar-refractivity contribution < 1.29 is 22.8 Å². The van der Waals surface area contributed by atoms with E-state index in [1.54, 1.807) is 12.1 Å². The molecule has 0 bridgehead atoms. The van der Waals surface area contributed by atoms with Gasteiger partial charge in [0, 0.05) is 10.7 Å². The number of rotatable bonds is 5. The third kappa shape index (κ3) is 5.72. The lowest BCUT2D eigenvalue weighted by Gasteiger charge is -2.15. The molecule has 2 amide bonds. The molecule has 144 valence electrons. The molecule has 2 rings (SSSR count). The molecular formula is C19H18ClF3N2O2. The Balaban J connectivity index is 2.08. The van der Waals surface area contributed by atoms with Gasteiger partial charge in [0.2, 0.25) is 11.8 Å². The molecule has 0 radical (unpaired) electrons. The molecule has 0 atom stereocenters. The molecule has 0 aliphatic rings. The number of para-hydroxylation sites is 1. The van der Waals surface area contributed by atoms with Gasteiger partial charge in [0.25, 0.3) is 0 Å². The van der Waals surface area contributed by atoms with Crippen molar-refractivity contribution in [3.8, 4) is 0 Å². The van der Waals surface area contributed by atoms with Crippen molar-refractivity contribution in [1.29, 1.82) is 0 Å². The zero-order valence-corrected chi connectivity index (χ0v) is 15.4. The van der Waals surface area contributed by atoms with E-state index in [-0.39, 0.29) is 10.9 Å². The fourth-order valence-electron chi connectivity index (χ4n) is 2.51. The van der Waals surface area contributed by atoms with Gasteiger partial charge in [0.15, 0.2) is 0 Å². The van der Waals surface area contributed by atoms with Crippen LogP contribution in [0.1, 0.15) is 37.3 Å². The Morgan fingerprint density at radius 3 is 2.19 bits per heavy atom. The van der Waals surface area contributed by atoms with Gasteiger partial charge in [0.1, 0.15) is 6.42 Å². The highest BCUT2D eigenvalue weighted by Gasteiger charge is 2.34. The second kappa shape index (κ2) is 8.43. The minimum absolute atomic E-state index is 0.108. The van der Waals surface area contributed by atoms with E-state index in [0.717, 1.165) is 17.7 Å². The molecule has 0 aromatic heterocycles. The van der Waals surface area contributed by atoms with Gasteiger partial charge in [-0.1, -0.05) is 43.6 Å². The van der Waals surface area contributed by atoms with Crippen LogP contribution in [0.3, 0.4) is 0 Å². The molecule has 2 aromatic rings. The van der Waals surface area contributed by atoms with Gasteiger partial charge in [-0.3, -0.25) is 9.59 Å². The first-order valence-electron chi connectivity index (χ1n) is 8.13. The monoisotopic (exact) mass is 398 g/mol. The van der Waals surface area contributed by atoms with Crippen molar-refractivity contribution in [3.63, 3.8) is 0 Å². The van der Waals surface area contributed by atoms with Crippen LogP contribution < -0.4 is 10.6 Å². The van der Waals surface area contributed by atoms with Crippen LogP contribution in [-0.2, 0) is 15.8 Å². The molecule has 0 spiro atoms. The summed E-state index contributed by atoms with van der Waals surface area (Å²) in [6.07, 6.45) is -5.31. The first-order valence-corrected chi connectivity index (χ1v) is 8.51. The summed E-state index contributed by atoms with van der Waals surface area (Å²) in [6.45, 7) is 3.91. The van der Waals surface area contributed by atoms with Gasteiger partial charge in [-0.15, -0.1) is 0 Å². The summed E-state index contributed by atoms with van der Waals surface area (Å²) in [7, 11) is 0. The van der Waals surface area contributed by atoms with Crippen LogP contribution in [0.4, 0.5) is 24.5 Å². The van der Waals surface area contributed by atoms with Crippen LogP contribution in [0, 0.1) is 0 Å². The van der Waals surface area contributed by atoms with Crippen LogP contribution in [0.5, 0.6) is 0 Å². The molecule has 8 heteroatoms. The maximum atomic E-state index is 13.1. The van der Waals surface area contributed by atoms with Crippen molar-refractivity contribution in [3.05, 3.63) is 58.6 Å². The van der Waals surface area contributed by atoms with Crippen molar-refractivity contribution in [2.45, 2.75) is 32.4 Å². The predicted octanol–water partition coefficient (Wildman–Crippen LogP) is 5.45. The van der Waals surface area contributed by atoms with E-state index >= 15 is 0 Å². The summed E-state index contributed by atoms with van der Waals surface area (Å²) in [5.41, 5.74) is -0.0720. The predicted molar refractivity (Wildman–Crippen MR) is 98.9 cm³/mol. The molecule has 0 saturated heterocycles. The number of halogens is 4. The van der Waals surface area contributed by atoms with Crippen LogP contribution >= 0.6 is 11.6 Å². The van der Waals surface area contributed by atoms with Gasteiger partial charge >= 0.3 is 6.18 Å². The van der Waals surface area contributed by atoms with Crippen LogP contribution in [0.2, 0.25) is 5.02 Å². The molecule has 4 nitrogen and oxygen atoms in total. The summed E-state index contributed by atoms with van der Waals surface area (Å²) in [6, 6.07) is 10.1. The Labute approximate surface area is 159 Å². The first-order chi connectivity index (χ1) is 12.6. The normalized spacial score (nSPS) is 11.4. The lowest BCUT2D eigenvalue weighted by molar-refractivity contribution is -0.137. The summed E-state index contributed by atoms with van der Waals surface area (Å²) in [4.78, 5) is 24.1. The zero-order valence-electron chi connectivity index (χ0n) is 14.7. The van der Waals surface area contributed by atoms with Crippen molar-refractivity contribution in [1.82, 2.24) is 0 Å². The van der Waals surface area contributed by atoms with Gasteiger partial charge in [-0.2, -0.15) is 13.2 Å². The molecular weight excluding hydrogens is 381 g/mol. The second-order valence-corrected chi connectivity index (χ2v) is 6.64. The zero-order chi connectivity index (χ0) is 20.2. The molecule has 2 aromatic carbocycles. The van der Waals surface area contributed by atoms with E-state index in [4.69, 9.17) is 11.6 Å². The number of alkyl halides is 3. The molecule has 0 aliphatic heterocycles. The maximum absolute atomic E-state index is 13.1. The molecule has 0 heterocycles. The number of anilines is 2. The number of carbonyl (C=O) groups excluding carboxylic acids is 2. The van der Waals surface area contributed by atoms with Gasteiger partial charge in [-0.25, -0.2) is 0 Å². The fraction of sp³-hybridized carbons (Fsp3) is 0.263. The average molecular weight is 399 g/mol. The highest BCUT2D eigenvalue weighted by Crippen LogP contribution is 2.36. The van der Waals surface area contributed by atoms with Crippen LogP contribution in [-0.4, -0.2) is 11.8 Å². The number of nitrogens with one attached hydrogen (secondary N) is 2. The Hall–Kier alpha value is -2.54. The van der Waals surface area contributed by atoms with Gasteiger partial charge in [0.05, 0.1) is 11.3 Å². The molecule has 0 unspecified atom stereocenters. The topological polar surface area (TPSA) is 58.2 Å². The quantitative estimate of drug-likeness (QED) is 0.658. The van der Waals surface area contributed by atoms with E-state index in [1.165, 1.54) is 6.07 Å². The number of hydrogen-bond donors (Lipinski definition) is 2. The second-order valence-electron chi connectivity index (χ2n) is 6.20. The molecule has 2 N–H and O–H groups in total. The summed E-state index contributed by atoms with van der Waals surface area (Å²) >= 11 is 5.60. The first kappa shape index (κ1) is 20.8. The van der Waals surface area contributed by atoms with E-state index in [1.807, 2.05) is 26.0 Å². The van der Waals surface area contributed by atoms with Crippen molar-refractivity contribution in [2.75, 3.05) is 10.6 Å². The highest BCUT2D eigenvalue weighted by molar-refractivity contribution is 6.30. The maximum Gasteiger partial charge on any atom is 0.418 e. The third-order valence-electron chi connectivity index (χ3n) is 3.74. The van der Waals surface area contributed by atoms with E-state index < -0.39 is 35.7 Å². The number of amides is 2. The number of carbonyl (C=O) groups is 2. The van der Waals surface area contributed by atoms with Crippen LogP contribution in [0.15, 0.2) is 42.5 Å². The average Bonchev–Trinajstić information content (AvgIpc) is 2.55. The van der Waals surface area contributed by atoms with Crippen molar-refractivity contribution >= 4 is 34.8 Å². The minimum Gasteiger partial charge on any atom is -0.325 e. The van der Waals surface area contributed by atoms with Crippen LogP contribution in [0.25, 0.3) is 0 Å². The number of benzene rings is 2. The van der Waals surface area contributed by atoms with Gasteiger partial charge in [-0.05, 0) is 35.7 Å². The minimum atomic E-state index is -4.69. The Bertz CT molecular complexity index is 851. The summed E-state index contributed by atoms with van der Waals surface area (Å²) in [5, 5.41) is 4.63. The summed E-state index contributed by atoms with van der Waals surface area (Å²) < 4.78 is 39.2.